The van der Waals surface area contributed by atoms with E-state index in [1.807, 2.05) is 0 Å². The smallest absolute Gasteiger partial charge is 0.259 e. The van der Waals surface area contributed by atoms with Crippen LogP contribution in [0.2, 0.25) is 0 Å². The summed E-state index contributed by atoms with van der Waals surface area (Å²) in [5.74, 6) is 0.0626. The number of para-hydroxylation sites is 1. The molecule has 2 aromatic carbocycles. The van der Waals surface area contributed by atoms with E-state index in [2.05, 4.69) is 5.32 Å². The van der Waals surface area contributed by atoms with E-state index < -0.39 is 0 Å². The highest BCUT2D eigenvalue weighted by molar-refractivity contribution is 6.07. The zero-order valence-corrected chi connectivity index (χ0v) is 11.3. The van der Waals surface area contributed by atoms with Gasteiger partial charge < -0.3 is 20.9 Å². The molecule has 104 valence electrons. The number of nitrogen functional groups attached to an aromatic ring is 1. The van der Waals surface area contributed by atoms with Gasteiger partial charge in [-0.25, -0.2) is 0 Å². The van der Waals surface area contributed by atoms with Crippen LogP contribution in [0, 0.1) is 6.92 Å². The number of aromatic hydroxyl groups is 1. The number of anilines is 2. The number of hydrogen-bond donors (Lipinski definition) is 3. The molecule has 4 N–H and O–H groups in total. The van der Waals surface area contributed by atoms with Crippen molar-refractivity contribution in [2.24, 2.45) is 0 Å². The van der Waals surface area contributed by atoms with Gasteiger partial charge in [0.2, 0.25) is 0 Å². The maximum Gasteiger partial charge on any atom is 0.259 e. The molecule has 0 bridgehead atoms. The third-order valence-electron chi connectivity index (χ3n) is 2.96. The predicted molar refractivity (Wildman–Crippen MR) is 78.2 cm³/mol. The molecule has 0 spiro atoms. The zero-order chi connectivity index (χ0) is 14.7. The molecular formula is C15H16N2O3. The van der Waals surface area contributed by atoms with Gasteiger partial charge in [0.05, 0.1) is 18.4 Å². The molecule has 20 heavy (non-hydrogen) atoms. The molecular weight excluding hydrogens is 256 g/mol. The topological polar surface area (TPSA) is 84.6 Å². The average Bonchev–Trinajstić information content (AvgIpc) is 2.43. The van der Waals surface area contributed by atoms with E-state index in [0.29, 0.717) is 28.3 Å². The average molecular weight is 272 g/mol. The minimum absolute atomic E-state index is 0.0512. The maximum absolute atomic E-state index is 12.2. The first-order valence-corrected chi connectivity index (χ1v) is 6.06. The van der Waals surface area contributed by atoms with Crippen LogP contribution in [0.3, 0.4) is 0 Å². The normalized spacial score (nSPS) is 10.1. The Morgan fingerprint density at radius 2 is 2.05 bits per heavy atom. The summed E-state index contributed by atoms with van der Waals surface area (Å²) >= 11 is 0. The van der Waals surface area contributed by atoms with Crippen LogP contribution < -0.4 is 15.8 Å². The monoisotopic (exact) mass is 272 g/mol. The summed E-state index contributed by atoms with van der Waals surface area (Å²) in [6.07, 6.45) is 0. The molecule has 0 aliphatic heterocycles. The second-order valence-electron chi connectivity index (χ2n) is 4.38. The van der Waals surface area contributed by atoms with Gasteiger partial charge in [-0.05, 0) is 30.7 Å². The van der Waals surface area contributed by atoms with Gasteiger partial charge in [0.25, 0.3) is 5.91 Å². The van der Waals surface area contributed by atoms with E-state index in [0.717, 1.165) is 0 Å². The number of nitrogens with two attached hydrogens (primary N) is 1. The molecule has 5 heteroatoms. The number of phenols is 1. The minimum Gasteiger partial charge on any atom is -0.505 e. The van der Waals surface area contributed by atoms with E-state index >= 15 is 0 Å². The van der Waals surface area contributed by atoms with E-state index in [1.54, 1.807) is 43.3 Å². The van der Waals surface area contributed by atoms with E-state index in [1.165, 1.54) is 7.11 Å². The van der Waals surface area contributed by atoms with Crippen molar-refractivity contribution in [1.29, 1.82) is 0 Å². The number of carbonyl (C=O) groups is 1. The first-order chi connectivity index (χ1) is 9.52. The van der Waals surface area contributed by atoms with Crippen LogP contribution in [0.1, 0.15) is 15.9 Å². The Hall–Kier alpha value is -2.69. The van der Waals surface area contributed by atoms with E-state index in [-0.39, 0.29) is 11.7 Å². The highest BCUT2D eigenvalue weighted by atomic mass is 16.5. The fraction of sp³-hybridized carbons (Fsp3) is 0.133. The Labute approximate surface area is 117 Å². The number of benzene rings is 2. The molecule has 2 rings (SSSR count). The van der Waals surface area contributed by atoms with Gasteiger partial charge in [-0.15, -0.1) is 0 Å². The van der Waals surface area contributed by atoms with Crippen LogP contribution in [0.5, 0.6) is 11.5 Å². The van der Waals surface area contributed by atoms with Crippen molar-refractivity contribution < 1.29 is 14.6 Å². The molecule has 0 aliphatic carbocycles. The Morgan fingerprint density at radius 1 is 1.30 bits per heavy atom. The molecule has 0 saturated heterocycles. The Balaban J connectivity index is 2.31. The number of hydrogen-bond acceptors (Lipinski definition) is 4. The minimum atomic E-state index is -0.372. The summed E-state index contributed by atoms with van der Waals surface area (Å²) < 4.78 is 5.14. The standard InChI is InChI=1S/C15H16N2O3/c1-9-4-3-5-12(14(9)18)17-15(19)11-7-6-10(16)8-13(11)20-2/h3-8,18H,16H2,1-2H3,(H,17,19). The number of carbonyl (C=O) groups excluding carboxylic acids is 1. The second-order valence-corrected chi connectivity index (χ2v) is 4.38. The highest BCUT2D eigenvalue weighted by Gasteiger charge is 2.14. The number of rotatable bonds is 3. The summed E-state index contributed by atoms with van der Waals surface area (Å²) in [6.45, 7) is 1.76. The van der Waals surface area contributed by atoms with Crippen molar-refractivity contribution in [2.75, 3.05) is 18.2 Å². The lowest BCUT2D eigenvalue weighted by atomic mass is 10.1. The summed E-state index contributed by atoms with van der Waals surface area (Å²) in [7, 11) is 1.47. The summed E-state index contributed by atoms with van der Waals surface area (Å²) in [5.41, 5.74) is 7.55. The number of phenolic OH excluding ortho intramolecular Hbond substituents is 1. The third kappa shape index (κ3) is 2.66. The molecule has 0 fully saturated rings. The fourth-order valence-electron chi connectivity index (χ4n) is 1.84. The molecule has 0 saturated carbocycles. The molecule has 1 amide bonds. The SMILES string of the molecule is COc1cc(N)ccc1C(=O)Nc1cccc(C)c1O. The van der Waals surface area contributed by atoms with Gasteiger partial charge in [-0.2, -0.15) is 0 Å². The number of methoxy groups -OCH3 is 1. The lowest BCUT2D eigenvalue weighted by Gasteiger charge is -2.11. The van der Waals surface area contributed by atoms with Gasteiger partial charge in [0.15, 0.2) is 0 Å². The van der Waals surface area contributed by atoms with Crippen LogP contribution in [0.25, 0.3) is 0 Å². The fourth-order valence-corrected chi connectivity index (χ4v) is 1.84. The quantitative estimate of drug-likeness (QED) is 0.592. The molecule has 0 unspecified atom stereocenters. The van der Waals surface area contributed by atoms with Gasteiger partial charge in [-0.3, -0.25) is 4.79 Å². The first-order valence-electron chi connectivity index (χ1n) is 6.06. The van der Waals surface area contributed by atoms with Gasteiger partial charge >= 0.3 is 0 Å². The van der Waals surface area contributed by atoms with Crippen LogP contribution in [0.4, 0.5) is 11.4 Å². The van der Waals surface area contributed by atoms with Gasteiger partial charge in [0, 0.05) is 11.8 Å². The Morgan fingerprint density at radius 3 is 2.75 bits per heavy atom. The zero-order valence-electron chi connectivity index (χ0n) is 11.3. The summed E-state index contributed by atoms with van der Waals surface area (Å²) in [6, 6.07) is 9.92. The van der Waals surface area contributed by atoms with Crippen molar-refractivity contribution in [3.05, 3.63) is 47.5 Å². The number of aryl methyl sites for hydroxylation is 1. The molecule has 0 atom stereocenters. The van der Waals surface area contributed by atoms with Gasteiger partial charge in [0.1, 0.15) is 11.5 Å². The molecule has 0 heterocycles. The van der Waals surface area contributed by atoms with E-state index in [9.17, 15) is 9.90 Å². The third-order valence-corrected chi connectivity index (χ3v) is 2.96. The van der Waals surface area contributed by atoms with Crippen LogP contribution in [-0.4, -0.2) is 18.1 Å². The molecule has 0 aliphatic rings. The van der Waals surface area contributed by atoms with Crippen molar-refractivity contribution in [2.45, 2.75) is 6.92 Å². The van der Waals surface area contributed by atoms with Crippen molar-refractivity contribution in [3.63, 3.8) is 0 Å². The lowest BCUT2D eigenvalue weighted by molar-refractivity contribution is 0.102. The highest BCUT2D eigenvalue weighted by Crippen LogP contribution is 2.28. The number of ether oxygens (including phenoxy) is 1. The van der Waals surface area contributed by atoms with Crippen molar-refractivity contribution in [3.8, 4) is 11.5 Å². The van der Waals surface area contributed by atoms with Crippen molar-refractivity contribution in [1.82, 2.24) is 0 Å². The Kier molecular flexibility index (Phi) is 3.79. The number of nitrogens with one attached hydrogen (secondary N) is 1. The van der Waals surface area contributed by atoms with Crippen molar-refractivity contribution >= 4 is 17.3 Å². The largest absolute Gasteiger partial charge is 0.505 e. The van der Waals surface area contributed by atoms with Crippen LogP contribution in [0.15, 0.2) is 36.4 Å². The van der Waals surface area contributed by atoms with Crippen LogP contribution >= 0.6 is 0 Å². The van der Waals surface area contributed by atoms with Gasteiger partial charge in [-0.1, -0.05) is 12.1 Å². The molecule has 0 aromatic heterocycles. The number of amides is 1. The maximum atomic E-state index is 12.2. The van der Waals surface area contributed by atoms with E-state index in [4.69, 9.17) is 10.5 Å². The predicted octanol–water partition coefficient (Wildman–Crippen LogP) is 2.54. The summed E-state index contributed by atoms with van der Waals surface area (Å²) in [5, 5.41) is 12.5. The summed E-state index contributed by atoms with van der Waals surface area (Å²) in [4.78, 5) is 12.2. The Bertz CT molecular complexity index is 654. The first kappa shape index (κ1) is 13.7. The molecule has 5 nitrogen and oxygen atoms in total. The lowest BCUT2D eigenvalue weighted by Crippen LogP contribution is -2.13. The molecule has 2 aromatic rings. The van der Waals surface area contributed by atoms with Crippen LogP contribution in [-0.2, 0) is 0 Å². The second kappa shape index (κ2) is 5.52. The molecule has 0 radical (unpaired) electrons.